The van der Waals surface area contributed by atoms with E-state index in [-0.39, 0.29) is 5.91 Å². The number of carbonyl (C=O) groups excluding carboxylic acids is 1. The van der Waals surface area contributed by atoms with Gasteiger partial charge in [-0.15, -0.1) is 0 Å². The van der Waals surface area contributed by atoms with E-state index in [1.165, 1.54) is 5.56 Å². The Morgan fingerprint density at radius 1 is 1.15 bits per heavy atom. The maximum absolute atomic E-state index is 13.2. The second-order valence-electron chi connectivity index (χ2n) is 6.84. The zero-order valence-corrected chi connectivity index (χ0v) is 15.4. The van der Waals surface area contributed by atoms with E-state index in [1.807, 2.05) is 34.1 Å². The maximum Gasteiger partial charge on any atom is 0.254 e. The minimum Gasteiger partial charge on any atom is -0.339 e. The molecule has 1 fully saturated rings. The Balaban J connectivity index is 1.88. The van der Waals surface area contributed by atoms with Gasteiger partial charge in [0.15, 0.2) is 0 Å². The van der Waals surface area contributed by atoms with Crippen molar-refractivity contribution >= 4 is 16.8 Å². The molecule has 5 nitrogen and oxygen atoms in total. The molecule has 5 heteroatoms. The van der Waals surface area contributed by atoms with E-state index < -0.39 is 0 Å². The molecule has 1 saturated heterocycles. The van der Waals surface area contributed by atoms with Crippen molar-refractivity contribution in [1.29, 1.82) is 0 Å². The molecule has 0 unspecified atom stereocenters. The molecule has 1 aliphatic heterocycles. The molecule has 134 valence electrons. The molecule has 1 amide bonds. The summed E-state index contributed by atoms with van der Waals surface area (Å²) in [5, 5.41) is 5.30. The van der Waals surface area contributed by atoms with E-state index in [2.05, 4.69) is 31.1 Å². The van der Waals surface area contributed by atoms with Crippen LogP contribution in [0.1, 0.15) is 42.6 Å². The van der Waals surface area contributed by atoms with Crippen molar-refractivity contribution in [2.24, 2.45) is 0 Å². The standard InChI is InChI=1S/C21H24N4O/c1-3-15-7-8-19-17(11-15)18(21(26)24-9-5-6-10-24)12-20(23-19)16-13-22-25(4-2)14-16/h7-8,11-14H,3-6,9-10H2,1-2H3. The molecule has 3 heterocycles. The second kappa shape index (κ2) is 6.90. The SMILES string of the molecule is CCc1ccc2nc(-c3cnn(CC)c3)cc(C(=O)N3CCCC3)c2c1. The molecular formula is C21H24N4O. The van der Waals surface area contributed by atoms with E-state index in [0.29, 0.717) is 0 Å². The molecule has 4 rings (SSSR count). The molecule has 1 aliphatic rings. The predicted octanol–water partition coefficient (Wildman–Crippen LogP) is 3.92. The van der Waals surface area contributed by atoms with Crippen LogP contribution >= 0.6 is 0 Å². The number of nitrogens with zero attached hydrogens (tertiary/aromatic N) is 4. The van der Waals surface area contributed by atoms with Crippen molar-refractivity contribution in [1.82, 2.24) is 19.7 Å². The zero-order chi connectivity index (χ0) is 18.1. The number of rotatable bonds is 4. The van der Waals surface area contributed by atoms with Crippen molar-refractivity contribution in [2.75, 3.05) is 13.1 Å². The molecule has 0 spiro atoms. The van der Waals surface area contributed by atoms with Crippen LogP contribution in [0.2, 0.25) is 0 Å². The number of aryl methyl sites for hydroxylation is 2. The van der Waals surface area contributed by atoms with Crippen molar-refractivity contribution in [3.8, 4) is 11.3 Å². The molecular weight excluding hydrogens is 324 g/mol. The van der Waals surface area contributed by atoms with Crippen LogP contribution in [-0.4, -0.2) is 38.7 Å². The number of carbonyl (C=O) groups is 1. The van der Waals surface area contributed by atoms with Crippen molar-refractivity contribution in [2.45, 2.75) is 39.7 Å². The Morgan fingerprint density at radius 3 is 2.65 bits per heavy atom. The fourth-order valence-electron chi connectivity index (χ4n) is 3.58. The summed E-state index contributed by atoms with van der Waals surface area (Å²) < 4.78 is 1.88. The highest BCUT2D eigenvalue weighted by Gasteiger charge is 2.23. The highest BCUT2D eigenvalue weighted by Crippen LogP contribution is 2.27. The Morgan fingerprint density at radius 2 is 1.96 bits per heavy atom. The zero-order valence-electron chi connectivity index (χ0n) is 15.4. The third kappa shape index (κ3) is 2.98. The van der Waals surface area contributed by atoms with E-state index in [0.717, 1.165) is 66.6 Å². The Bertz CT molecular complexity index is 954. The number of aromatic nitrogens is 3. The first-order chi connectivity index (χ1) is 12.7. The van der Waals surface area contributed by atoms with Gasteiger partial charge in [0.25, 0.3) is 5.91 Å². The summed E-state index contributed by atoms with van der Waals surface area (Å²) in [5.74, 6) is 0.118. The van der Waals surface area contributed by atoms with Crippen LogP contribution in [0.5, 0.6) is 0 Å². The summed E-state index contributed by atoms with van der Waals surface area (Å²) in [4.78, 5) is 20.0. The van der Waals surface area contributed by atoms with Crippen molar-refractivity contribution in [3.63, 3.8) is 0 Å². The highest BCUT2D eigenvalue weighted by molar-refractivity contribution is 6.07. The van der Waals surface area contributed by atoms with Gasteiger partial charge >= 0.3 is 0 Å². The first-order valence-electron chi connectivity index (χ1n) is 9.45. The van der Waals surface area contributed by atoms with Crippen LogP contribution in [0.4, 0.5) is 0 Å². The van der Waals surface area contributed by atoms with Gasteiger partial charge in [-0.25, -0.2) is 4.98 Å². The lowest BCUT2D eigenvalue weighted by molar-refractivity contribution is 0.0794. The van der Waals surface area contributed by atoms with E-state index in [9.17, 15) is 4.79 Å². The predicted molar refractivity (Wildman–Crippen MR) is 103 cm³/mol. The first kappa shape index (κ1) is 16.8. The van der Waals surface area contributed by atoms with Gasteiger partial charge in [-0.3, -0.25) is 9.48 Å². The number of hydrogen-bond acceptors (Lipinski definition) is 3. The molecule has 26 heavy (non-hydrogen) atoms. The summed E-state index contributed by atoms with van der Waals surface area (Å²) >= 11 is 0. The van der Waals surface area contributed by atoms with Gasteiger partial charge in [0.1, 0.15) is 0 Å². The van der Waals surface area contributed by atoms with Crippen LogP contribution in [0, 0.1) is 0 Å². The van der Waals surface area contributed by atoms with Crippen LogP contribution in [-0.2, 0) is 13.0 Å². The molecule has 0 bridgehead atoms. The number of fused-ring (bicyclic) bond motifs is 1. The minimum absolute atomic E-state index is 0.118. The summed E-state index contributed by atoms with van der Waals surface area (Å²) in [5.41, 5.74) is 4.60. The monoisotopic (exact) mass is 348 g/mol. The molecule has 0 saturated carbocycles. The van der Waals surface area contributed by atoms with Crippen LogP contribution in [0.25, 0.3) is 22.2 Å². The fourth-order valence-corrected chi connectivity index (χ4v) is 3.58. The molecule has 0 N–H and O–H groups in total. The summed E-state index contributed by atoms with van der Waals surface area (Å²) in [6.45, 7) is 6.69. The topological polar surface area (TPSA) is 51.0 Å². The van der Waals surface area contributed by atoms with Gasteiger partial charge in [0.2, 0.25) is 0 Å². The molecule has 3 aromatic rings. The normalized spacial score (nSPS) is 14.3. The lowest BCUT2D eigenvalue weighted by Gasteiger charge is -2.17. The lowest BCUT2D eigenvalue weighted by atomic mass is 10.0. The highest BCUT2D eigenvalue weighted by atomic mass is 16.2. The van der Waals surface area contributed by atoms with Crippen LogP contribution in [0.15, 0.2) is 36.7 Å². The van der Waals surface area contributed by atoms with Gasteiger partial charge in [-0.2, -0.15) is 5.10 Å². The third-order valence-electron chi connectivity index (χ3n) is 5.16. The van der Waals surface area contributed by atoms with Crippen molar-refractivity contribution < 1.29 is 4.79 Å². The number of likely N-dealkylation sites (tertiary alicyclic amines) is 1. The molecule has 0 radical (unpaired) electrons. The fraction of sp³-hybridized carbons (Fsp3) is 0.381. The van der Waals surface area contributed by atoms with Crippen LogP contribution in [0.3, 0.4) is 0 Å². The smallest absolute Gasteiger partial charge is 0.254 e. The van der Waals surface area contributed by atoms with Gasteiger partial charge in [0.05, 0.1) is 23.0 Å². The number of pyridine rings is 1. The maximum atomic E-state index is 13.2. The second-order valence-corrected chi connectivity index (χ2v) is 6.84. The lowest BCUT2D eigenvalue weighted by Crippen LogP contribution is -2.27. The average molecular weight is 348 g/mol. The molecule has 2 aromatic heterocycles. The van der Waals surface area contributed by atoms with Gasteiger partial charge < -0.3 is 4.90 Å². The quantitative estimate of drug-likeness (QED) is 0.718. The average Bonchev–Trinajstić information content (AvgIpc) is 3.37. The van der Waals surface area contributed by atoms with Gasteiger partial charge in [-0.05, 0) is 49.9 Å². The van der Waals surface area contributed by atoms with Crippen LogP contribution < -0.4 is 0 Å². The Kier molecular flexibility index (Phi) is 4.45. The summed E-state index contributed by atoms with van der Waals surface area (Å²) in [6.07, 6.45) is 6.93. The number of benzene rings is 1. The molecule has 1 aromatic carbocycles. The minimum atomic E-state index is 0.118. The van der Waals surface area contributed by atoms with E-state index >= 15 is 0 Å². The van der Waals surface area contributed by atoms with E-state index in [4.69, 9.17) is 4.98 Å². The molecule has 0 aliphatic carbocycles. The third-order valence-corrected chi connectivity index (χ3v) is 5.16. The summed E-state index contributed by atoms with van der Waals surface area (Å²) in [6, 6.07) is 8.19. The summed E-state index contributed by atoms with van der Waals surface area (Å²) in [7, 11) is 0. The number of amides is 1. The first-order valence-corrected chi connectivity index (χ1v) is 9.45. The molecule has 0 atom stereocenters. The Hall–Kier alpha value is -2.69. The van der Waals surface area contributed by atoms with Crippen molar-refractivity contribution in [3.05, 3.63) is 47.8 Å². The largest absolute Gasteiger partial charge is 0.339 e. The van der Waals surface area contributed by atoms with Gasteiger partial charge in [-0.1, -0.05) is 13.0 Å². The Labute approximate surface area is 153 Å². The number of hydrogen-bond donors (Lipinski definition) is 0. The van der Waals surface area contributed by atoms with E-state index in [1.54, 1.807) is 0 Å². The van der Waals surface area contributed by atoms with Gasteiger partial charge in [0, 0.05) is 36.8 Å².